The first-order valence-corrected chi connectivity index (χ1v) is 8.51. The van der Waals surface area contributed by atoms with Crippen LogP contribution in [-0.2, 0) is 4.74 Å². The van der Waals surface area contributed by atoms with Crippen molar-refractivity contribution in [1.29, 1.82) is 0 Å². The van der Waals surface area contributed by atoms with E-state index in [9.17, 15) is 4.79 Å². The highest BCUT2D eigenvalue weighted by molar-refractivity contribution is 5.89. The number of hydrogen-bond acceptors (Lipinski definition) is 3. The molecular weight excluding hydrogens is 280 g/mol. The standard InChI is InChI=1S/C16H26N4O2/c21-16(18-13-5-3-1-2-4-6-13)19-14-11-17-20(12-14)15-7-9-22-10-8-15/h11-13,15H,1-10H2,(H2,18,19,21). The molecule has 1 saturated heterocycles. The summed E-state index contributed by atoms with van der Waals surface area (Å²) in [6.07, 6.45) is 12.8. The molecule has 0 atom stereocenters. The second kappa shape index (κ2) is 7.63. The van der Waals surface area contributed by atoms with Crippen LogP contribution in [0.1, 0.15) is 57.4 Å². The molecule has 0 aromatic carbocycles. The van der Waals surface area contributed by atoms with Gasteiger partial charge in [0, 0.05) is 25.5 Å². The molecule has 0 radical (unpaired) electrons. The van der Waals surface area contributed by atoms with Crippen LogP contribution in [0.5, 0.6) is 0 Å². The summed E-state index contributed by atoms with van der Waals surface area (Å²) in [5.74, 6) is 0. The minimum absolute atomic E-state index is 0.113. The first-order valence-electron chi connectivity index (χ1n) is 8.51. The van der Waals surface area contributed by atoms with Crippen LogP contribution in [0.2, 0.25) is 0 Å². The Morgan fingerprint density at radius 1 is 1.14 bits per heavy atom. The molecule has 6 heteroatoms. The quantitative estimate of drug-likeness (QED) is 0.843. The molecule has 0 spiro atoms. The van der Waals surface area contributed by atoms with Crippen LogP contribution in [0.25, 0.3) is 0 Å². The zero-order valence-corrected chi connectivity index (χ0v) is 13.1. The van der Waals surface area contributed by atoms with Gasteiger partial charge >= 0.3 is 6.03 Å². The Bertz CT molecular complexity index is 474. The van der Waals surface area contributed by atoms with Crippen molar-refractivity contribution in [2.24, 2.45) is 0 Å². The second-order valence-electron chi connectivity index (χ2n) is 6.34. The molecule has 1 aromatic heterocycles. The maximum atomic E-state index is 12.1. The summed E-state index contributed by atoms with van der Waals surface area (Å²) in [6, 6.07) is 0.584. The zero-order chi connectivity index (χ0) is 15.2. The third-order valence-corrected chi connectivity index (χ3v) is 4.61. The monoisotopic (exact) mass is 306 g/mol. The van der Waals surface area contributed by atoms with E-state index in [2.05, 4.69) is 15.7 Å². The Kier molecular flexibility index (Phi) is 5.32. The smallest absolute Gasteiger partial charge is 0.319 e. The molecule has 2 heterocycles. The average Bonchev–Trinajstić information content (AvgIpc) is 2.84. The van der Waals surface area contributed by atoms with Gasteiger partial charge in [0.25, 0.3) is 0 Å². The zero-order valence-electron chi connectivity index (χ0n) is 13.1. The summed E-state index contributed by atoms with van der Waals surface area (Å²) >= 11 is 0. The molecule has 2 aliphatic rings. The Hall–Kier alpha value is -1.56. The minimum atomic E-state index is -0.113. The summed E-state index contributed by atoms with van der Waals surface area (Å²) in [6.45, 7) is 1.57. The van der Waals surface area contributed by atoms with Crippen LogP contribution in [-0.4, -0.2) is 35.1 Å². The van der Waals surface area contributed by atoms with E-state index in [0.29, 0.717) is 12.1 Å². The number of rotatable bonds is 3. The highest BCUT2D eigenvalue weighted by Gasteiger charge is 2.18. The molecule has 1 aromatic rings. The van der Waals surface area contributed by atoms with Crippen LogP contribution in [0, 0.1) is 0 Å². The highest BCUT2D eigenvalue weighted by atomic mass is 16.5. The summed E-state index contributed by atoms with van der Waals surface area (Å²) in [5, 5.41) is 10.4. The van der Waals surface area contributed by atoms with Crippen LogP contribution >= 0.6 is 0 Å². The minimum Gasteiger partial charge on any atom is -0.381 e. The van der Waals surface area contributed by atoms with Crippen molar-refractivity contribution in [1.82, 2.24) is 15.1 Å². The van der Waals surface area contributed by atoms with Gasteiger partial charge in [-0.3, -0.25) is 4.68 Å². The number of aromatic nitrogens is 2. The summed E-state index contributed by atoms with van der Waals surface area (Å²) in [4.78, 5) is 12.1. The van der Waals surface area contributed by atoms with Crippen LogP contribution in [0.4, 0.5) is 10.5 Å². The van der Waals surface area contributed by atoms with Gasteiger partial charge in [-0.05, 0) is 25.7 Å². The topological polar surface area (TPSA) is 68.2 Å². The summed E-state index contributed by atoms with van der Waals surface area (Å²) < 4.78 is 7.31. The number of ether oxygens (including phenoxy) is 1. The number of nitrogens with zero attached hydrogens (tertiary/aromatic N) is 2. The van der Waals surface area contributed by atoms with Crippen molar-refractivity contribution in [2.45, 2.75) is 63.5 Å². The third kappa shape index (κ3) is 4.22. The molecular formula is C16H26N4O2. The molecule has 122 valence electrons. The number of hydrogen-bond donors (Lipinski definition) is 2. The second-order valence-corrected chi connectivity index (χ2v) is 6.34. The van der Waals surface area contributed by atoms with E-state index >= 15 is 0 Å². The molecule has 3 rings (SSSR count). The van der Waals surface area contributed by atoms with Gasteiger partial charge in [0.15, 0.2) is 0 Å². The molecule has 2 amide bonds. The number of amides is 2. The number of carbonyl (C=O) groups is 1. The molecule has 2 fully saturated rings. The van der Waals surface area contributed by atoms with Crippen LogP contribution in [0.15, 0.2) is 12.4 Å². The molecule has 22 heavy (non-hydrogen) atoms. The molecule has 0 unspecified atom stereocenters. The van der Waals surface area contributed by atoms with E-state index in [1.807, 2.05) is 10.9 Å². The van der Waals surface area contributed by atoms with Crippen LogP contribution < -0.4 is 10.6 Å². The molecule has 2 N–H and O–H groups in total. The Balaban J connectivity index is 1.49. The van der Waals surface area contributed by atoms with Crippen molar-refractivity contribution >= 4 is 11.7 Å². The average molecular weight is 306 g/mol. The van der Waals surface area contributed by atoms with E-state index in [-0.39, 0.29) is 6.03 Å². The largest absolute Gasteiger partial charge is 0.381 e. The fourth-order valence-electron chi connectivity index (χ4n) is 3.33. The summed E-state index contributed by atoms with van der Waals surface area (Å²) in [5.41, 5.74) is 0.762. The maximum Gasteiger partial charge on any atom is 0.319 e. The predicted molar refractivity (Wildman–Crippen MR) is 85.0 cm³/mol. The first-order chi connectivity index (χ1) is 10.8. The fourth-order valence-corrected chi connectivity index (χ4v) is 3.33. The molecule has 1 aliphatic carbocycles. The van der Waals surface area contributed by atoms with Crippen molar-refractivity contribution in [3.8, 4) is 0 Å². The van der Waals surface area contributed by atoms with Crippen molar-refractivity contribution in [3.63, 3.8) is 0 Å². The number of nitrogens with one attached hydrogen (secondary N) is 2. The van der Waals surface area contributed by atoms with E-state index in [4.69, 9.17) is 4.74 Å². The van der Waals surface area contributed by atoms with Gasteiger partial charge in [-0.15, -0.1) is 0 Å². The summed E-state index contributed by atoms with van der Waals surface area (Å²) in [7, 11) is 0. The number of carbonyl (C=O) groups excluding carboxylic acids is 1. The normalized spacial score (nSPS) is 21.3. The highest BCUT2D eigenvalue weighted by Crippen LogP contribution is 2.21. The lowest BCUT2D eigenvalue weighted by Gasteiger charge is -2.22. The van der Waals surface area contributed by atoms with Gasteiger partial charge in [-0.1, -0.05) is 25.7 Å². The lowest BCUT2D eigenvalue weighted by atomic mass is 10.1. The van der Waals surface area contributed by atoms with Crippen LogP contribution in [0.3, 0.4) is 0 Å². The Morgan fingerprint density at radius 3 is 2.59 bits per heavy atom. The lowest BCUT2D eigenvalue weighted by Crippen LogP contribution is -2.37. The number of anilines is 1. The van der Waals surface area contributed by atoms with Gasteiger partial charge in [-0.2, -0.15) is 5.10 Å². The molecule has 1 aliphatic heterocycles. The van der Waals surface area contributed by atoms with E-state index < -0.39 is 0 Å². The molecule has 6 nitrogen and oxygen atoms in total. The first kappa shape index (κ1) is 15.3. The van der Waals surface area contributed by atoms with E-state index in [1.165, 1.54) is 25.7 Å². The fraction of sp³-hybridized carbons (Fsp3) is 0.750. The molecule has 1 saturated carbocycles. The van der Waals surface area contributed by atoms with E-state index in [1.54, 1.807) is 6.20 Å². The predicted octanol–water partition coefficient (Wildman–Crippen LogP) is 3.08. The van der Waals surface area contributed by atoms with Crippen molar-refractivity contribution < 1.29 is 9.53 Å². The van der Waals surface area contributed by atoms with Crippen molar-refractivity contribution in [3.05, 3.63) is 12.4 Å². The lowest BCUT2D eigenvalue weighted by molar-refractivity contribution is 0.0662. The number of urea groups is 1. The van der Waals surface area contributed by atoms with Gasteiger partial charge in [0.05, 0.1) is 17.9 Å². The van der Waals surface area contributed by atoms with Gasteiger partial charge in [0.2, 0.25) is 0 Å². The SMILES string of the molecule is O=C(Nc1cnn(C2CCOCC2)c1)NC1CCCCCC1. The van der Waals surface area contributed by atoms with Gasteiger partial charge in [0.1, 0.15) is 0 Å². The third-order valence-electron chi connectivity index (χ3n) is 4.61. The van der Waals surface area contributed by atoms with Gasteiger partial charge in [-0.25, -0.2) is 4.79 Å². The molecule has 0 bridgehead atoms. The van der Waals surface area contributed by atoms with E-state index in [0.717, 1.165) is 44.6 Å². The van der Waals surface area contributed by atoms with Gasteiger partial charge < -0.3 is 15.4 Å². The Morgan fingerprint density at radius 2 is 1.86 bits per heavy atom. The Labute approximate surface area is 131 Å². The maximum absolute atomic E-state index is 12.1. The van der Waals surface area contributed by atoms with Crippen molar-refractivity contribution in [2.75, 3.05) is 18.5 Å².